The number of aryl methyl sites for hydroxylation is 1. The van der Waals surface area contributed by atoms with E-state index in [0.29, 0.717) is 31.2 Å². The van der Waals surface area contributed by atoms with Crippen molar-refractivity contribution in [1.29, 1.82) is 0 Å². The van der Waals surface area contributed by atoms with Crippen molar-refractivity contribution in [1.82, 2.24) is 0 Å². The fraction of sp³-hybridized carbons (Fsp3) is 0.367. The second-order valence-corrected chi connectivity index (χ2v) is 9.33. The lowest BCUT2D eigenvalue weighted by molar-refractivity contribution is 0.0188. The molecule has 3 aromatic rings. The van der Waals surface area contributed by atoms with Crippen molar-refractivity contribution in [3.63, 3.8) is 0 Å². The molecule has 4 rings (SSSR count). The van der Waals surface area contributed by atoms with Crippen LogP contribution in [-0.4, -0.2) is 18.7 Å². The molecule has 0 aliphatic heterocycles. The average molecular weight is 515 g/mol. The van der Waals surface area contributed by atoms with Crippen LogP contribution in [0, 0.1) is 23.3 Å². The van der Waals surface area contributed by atoms with Crippen LogP contribution in [-0.2, 0) is 11.2 Å². The van der Waals surface area contributed by atoms with Gasteiger partial charge in [-0.1, -0.05) is 49.7 Å². The number of benzene rings is 3. The highest BCUT2D eigenvalue weighted by Crippen LogP contribution is 2.38. The fourth-order valence-electron chi connectivity index (χ4n) is 4.91. The molecule has 0 heterocycles. The van der Waals surface area contributed by atoms with E-state index in [9.17, 15) is 22.4 Å². The van der Waals surface area contributed by atoms with Gasteiger partial charge < -0.3 is 9.47 Å². The highest BCUT2D eigenvalue weighted by Gasteiger charge is 2.30. The molecule has 0 amide bonds. The summed E-state index contributed by atoms with van der Waals surface area (Å²) in [7, 11) is 0. The van der Waals surface area contributed by atoms with E-state index in [0.717, 1.165) is 18.4 Å². The van der Waals surface area contributed by atoms with E-state index in [1.54, 1.807) is 19.1 Å². The first kappa shape index (κ1) is 26.7. The van der Waals surface area contributed by atoms with Crippen molar-refractivity contribution in [3.8, 4) is 16.9 Å². The summed E-state index contributed by atoms with van der Waals surface area (Å²) < 4.78 is 69.1. The lowest BCUT2D eigenvalue weighted by atomic mass is 9.82. The lowest BCUT2D eigenvalue weighted by Gasteiger charge is -2.29. The number of halogens is 4. The highest BCUT2D eigenvalue weighted by atomic mass is 19.2. The van der Waals surface area contributed by atoms with Gasteiger partial charge in [-0.2, -0.15) is 4.39 Å². The molecule has 196 valence electrons. The number of esters is 1. The molecule has 3 nitrogen and oxygen atoms in total. The molecule has 1 saturated carbocycles. The maximum Gasteiger partial charge on any atom is 0.341 e. The standard InChI is InChI=1S/C30H30F4O3/c1-3-5-18-6-8-19(9-7-18)22-14-15-24(28(33)26(22)31)30(35)37-21-12-10-20(11-13-21)23-16-17-25(36-4-2)29(34)27(23)32/h6-9,14-17,20-21H,3-5,10-13H2,1-2H3. The Hall–Kier alpha value is -3.35. The number of hydrogen-bond donors (Lipinski definition) is 0. The summed E-state index contributed by atoms with van der Waals surface area (Å²) in [4.78, 5) is 12.6. The summed E-state index contributed by atoms with van der Waals surface area (Å²) in [6.45, 7) is 3.98. The van der Waals surface area contributed by atoms with Crippen molar-refractivity contribution in [2.75, 3.05) is 6.61 Å². The molecule has 0 unspecified atom stereocenters. The maximum absolute atomic E-state index is 14.9. The first-order valence-electron chi connectivity index (χ1n) is 12.7. The Balaban J connectivity index is 1.40. The number of carbonyl (C=O) groups is 1. The third-order valence-electron chi connectivity index (χ3n) is 6.87. The van der Waals surface area contributed by atoms with Gasteiger partial charge in [0.25, 0.3) is 0 Å². The summed E-state index contributed by atoms with van der Waals surface area (Å²) in [5.41, 5.74) is 1.50. The van der Waals surface area contributed by atoms with E-state index in [2.05, 4.69) is 6.92 Å². The third kappa shape index (κ3) is 5.81. The minimum Gasteiger partial charge on any atom is -0.491 e. The molecule has 1 fully saturated rings. The summed E-state index contributed by atoms with van der Waals surface area (Å²) in [6.07, 6.45) is 3.09. The molecule has 0 spiro atoms. The number of rotatable bonds is 8. The topological polar surface area (TPSA) is 35.5 Å². The molecule has 0 radical (unpaired) electrons. The quantitative estimate of drug-likeness (QED) is 0.225. The van der Waals surface area contributed by atoms with Crippen molar-refractivity contribution in [3.05, 3.63) is 88.5 Å². The Bertz CT molecular complexity index is 1250. The van der Waals surface area contributed by atoms with Gasteiger partial charge in [0.15, 0.2) is 23.2 Å². The molecule has 0 aromatic heterocycles. The Kier molecular flexibility index (Phi) is 8.52. The molecular formula is C30H30F4O3. The van der Waals surface area contributed by atoms with Crippen molar-refractivity contribution in [2.24, 2.45) is 0 Å². The minimum absolute atomic E-state index is 0.0715. The van der Waals surface area contributed by atoms with Gasteiger partial charge in [-0.3, -0.25) is 0 Å². The molecule has 1 aliphatic rings. The number of hydrogen-bond acceptors (Lipinski definition) is 3. The first-order chi connectivity index (χ1) is 17.8. The van der Waals surface area contributed by atoms with Crippen molar-refractivity contribution in [2.45, 2.75) is 64.4 Å². The van der Waals surface area contributed by atoms with Gasteiger partial charge in [0.1, 0.15) is 6.10 Å². The molecule has 0 bridgehead atoms. The Morgan fingerprint density at radius 2 is 1.51 bits per heavy atom. The molecule has 37 heavy (non-hydrogen) atoms. The van der Waals surface area contributed by atoms with Crippen molar-refractivity contribution < 1.29 is 31.8 Å². The van der Waals surface area contributed by atoms with Gasteiger partial charge in [0.05, 0.1) is 12.2 Å². The number of carbonyl (C=O) groups excluding carboxylic acids is 1. The summed E-state index contributed by atoms with van der Waals surface area (Å²) in [6, 6.07) is 12.8. The maximum atomic E-state index is 14.9. The van der Waals surface area contributed by atoms with Crippen LogP contribution in [0.4, 0.5) is 17.6 Å². The molecular weight excluding hydrogens is 484 g/mol. The zero-order valence-corrected chi connectivity index (χ0v) is 21.0. The summed E-state index contributed by atoms with van der Waals surface area (Å²) in [5.74, 6) is -5.59. The second-order valence-electron chi connectivity index (χ2n) is 9.33. The van der Waals surface area contributed by atoms with Crippen LogP contribution in [0.15, 0.2) is 48.5 Å². The molecule has 0 saturated heterocycles. The molecule has 0 N–H and O–H groups in total. The second kappa shape index (κ2) is 11.8. The van der Waals surface area contributed by atoms with Gasteiger partial charge >= 0.3 is 5.97 Å². The predicted molar refractivity (Wildman–Crippen MR) is 134 cm³/mol. The van der Waals surface area contributed by atoms with E-state index in [1.807, 2.05) is 12.1 Å². The van der Waals surface area contributed by atoms with Gasteiger partial charge in [-0.15, -0.1) is 0 Å². The Morgan fingerprint density at radius 3 is 2.16 bits per heavy atom. The molecule has 1 aliphatic carbocycles. The van der Waals surface area contributed by atoms with Crippen LogP contribution in [0.3, 0.4) is 0 Å². The minimum atomic E-state index is -1.25. The molecule has 3 aromatic carbocycles. The fourth-order valence-corrected chi connectivity index (χ4v) is 4.91. The van der Waals surface area contributed by atoms with Crippen molar-refractivity contribution >= 4 is 5.97 Å². The average Bonchev–Trinajstić information content (AvgIpc) is 2.90. The van der Waals surface area contributed by atoms with Gasteiger partial charge in [-0.05, 0) is 73.8 Å². The van der Waals surface area contributed by atoms with Crippen LogP contribution in [0.2, 0.25) is 0 Å². The highest BCUT2D eigenvalue weighted by molar-refractivity contribution is 5.90. The number of ether oxygens (including phenoxy) is 2. The first-order valence-corrected chi connectivity index (χ1v) is 12.7. The van der Waals surface area contributed by atoms with Crippen LogP contribution < -0.4 is 4.74 Å². The zero-order chi connectivity index (χ0) is 26.5. The van der Waals surface area contributed by atoms with Crippen LogP contribution in [0.1, 0.15) is 73.4 Å². The smallest absolute Gasteiger partial charge is 0.341 e. The Labute approximate surface area is 214 Å². The largest absolute Gasteiger partial charge is 0.491 e. The predicted octanol–water partition coefficient (Wildman–Crippen LogP) is 8.14. The van der Waals surface area contributed by atoms with E-state index in [-0.39, 0.29) is 29.4 Å². The third-order valence-corrected chi connectivity index (χ3v) is 6.87. The molecule has 0 atom stereocenters. The van der Waals surface area contributed by atoms with E-state index in [4.69, 9.17) is 9.47 Å². The van der Waals surface area contributed by atoms with Crippen LogP contribution in [0.25, 0.3) is 11.1 Å². The Morgan fingerprint density at radius 1 is 0.811 bits per heavy atom. The van der Waals surface area contributed by atoms with E-state index in [1.165, 1.54) is 24.3 Å². The van der Waals surface area contributed by atoms with Crippen LogP contribution >= 0.6 is 0 Å². The monoisotopic (exact) mass is 514 g/mol. The normalized spacial score (nSPS) is 17.5. The van der Waals surface area contributed by atoms with E-state index < -0.39 is 40.9 Å². The molecule has 7 heteroatoms. The zero-order valence-electron chi connectivity index (χ0n) is 21.0. The SMILES string of the molecule is CCCc1ccc(-c2ccc(C(=O)OC3CCC(c4ccc(OCC)c(F)c4F)CC3)c(F)c2F)cc1. The summed E-state index contributed by atoms with van der Waals surface area (Å²) >= 11 is 0. The lowest BCUT2D eigenvalue weighted by Crippen LogP contribution is -2.25. The van der Waals surface area contributed by atoms with Gasteiger partial charge in [0.2, 0.25) is 5.82 Å². The van der Waals surface area contributed by atoms with Gasteiger partial charge in [0, 0.05) is 5.56 Å². The van der Waals surface area contributed by atoms with E-state index >= 15 is 0 Å². The van der Waals surface area contributed by atoms with Gasteiger partial charge in [-0.25, -0.2) is 18.0 Å². The summed E-state index contributed by atoms with van der Waals surface area (Å²) in [5, 5.41) is 0. The van der Waals surface area contributed by atoms with Crippen LogP contribution in [0.5, 0.6) is 5.75 Å².